The average molecular weight is 189 g/mol. The van der Waals surface area contributed by atoms with Crippen molar-refractivity contribution in [2.75, 3.05) is 5.84 Å². The maximum Gasteiger partial charge on any atom is 0.320 e. The van der Waals surface area contributed by atoms with Crippen molar-refractivity contribution in [3.05, 3.63) is 42.2 Å². The summed E-state index contributed by atoms with van der Waals surface area (Å²) >= 11 is 0. The molecule has 4 heteroatoms. The molecular weight excluding hydrogens is 178 g/mol. The quantitative estimate of drug-likeness (QED) is 0.731. The van der Waals surface area contributed by atoms with Crippen LogP contribution in [-0.2, 0) is 0 Å². The van der Waals surface area contributed by atoms with E-state index in [0.29, 0.717) is 6.01 Å². The van der Waals surface area contributed by atoms with Crippen LogP contribution in [0, 0.1) is 6.92 Å². The summed E-state index contributed by atoms with van der Waals surface area (Å²) in [4.78, 5) is 3.97. The minimum atomic E-state index is 0.388. The van der Waals surface area contributed by atoms with Gasteiger partial charge in [0.2, 0.25) is 0 Å². The Labute approximate surface area is 81.9 Å². The van der Waals surface area contributed by atoms with Crippen LogP contribution in [-0.4, -0.2) is 9.66 Å². The molecule has 2 rings (SSSR count). The predicted molar refractivity (Wildman–Crippen MR) is 53.6 cm³/mol. The van der Waals surface area contributed by atoms with Gasteiger partial charge in [-0.15, -0.1) is 0 Å². The normalized spacial score (nSPS) is 10.1. The smallest absolute Gasteiger partial charge is 0.320 e. The Bertz CT molecular complexity index is 436. The predicted octanol–water partition coefficient (Wildman–Crippen LogP) is 1.70. The highest BCUT2D eigenvalue weighted by Crippen LogP contribution is 2.21. The summed E-state index contributed by atoms with van der Waals surface area (Å²) in [6.45, 7) is 1.97. The topological polar surface area (TPSA) is 53.1 Å². The standard InChI is InChI=1S/C10H11N3O/c1-8-4-2-3-5-9(8)14-10-12-6-7-13(10)11/h2-7H,11H2,1H3. The lowest BCUT2D eigenvalue weighted by molar-refractivity contribution is 0.427. The molecule has 4 nitrogen and oxygen atoms in total. The molecule has 0 aliphatic carbocycles. The van der Waals surface area contributed by atoms with Crippen molar-refractivity contribution >= 4 is 0 Å². The average Bonchev–Trinajstić information content (AvgIpc) is 2.56. The summed E-state index contributed by atoms with van der Waals surface area (Å²) in [5, 5.41) is 0. The first kappa shape index (κ1) is 8.62. The molecule has 0 fully saturated rings. The molecule has 2 N–H and O–H groups in total. The van der Waals surface area contributed by atoms with E-state index in [1.165, 1.54) is 4.68 Å². The summed E-state index contributed by atoms with van der Waals surface area (Å²) in [5.74, 6) is 6.34. The first-order chi connectivity index (χ1) is 6.77. The van der Waals surface area contributed by atoms with Crippen LogP contribution in [0.5, 0.6) is 11.8 Å². The highest BCUT2D eigenvalue weighted by molar-refractivity contribution is 5.33. The molecule has 0 amide bonds. The van der Waals surface area contributed by atoms with Gasteiger partial charge >= 0.3 is 6.01 Å². The Balaban J connectivity index is 2.28. The van der Waals surface area contributed by atoms with E-state index in [9.17, 15) is 0 Å². The highest BCUT2D eigenvalue weighted by Gasteiger charge is 2.04. The molecule has 0 spiro atoms. The molecule has 1 aromatic heterocycles. The van der Waals surface area contributed by atoms with Crippen LogP contribution < -0.4 is 10.6 Å². The largest absolute Gasteiger partial charge is 0.424 e. The van der Waals surface area contributed by atoms with Crippen LogP contribution >= 0.6 is 0 Å². The van der Waals surface area contributed by atoms with Gasteiger partial charge in [-0.1, -0.05) is 18.2 Å². The van der Waals surface area contributed by atoms with Crippen molar-refractivity contribution in [2.45, 2.75) is 6.92 Å². The van der Waals surface area contributed by atoms with Crippen LogP contribution in [0.1, 0.15) is 5.56 Å². The van der Waals surface area contributed by atoms with Gasteiger partial charge in [0.15, 0.2) is 0 Å². The van der Waals surface area contributed by atoms with Crippen molar-refractivity contribution in [1.29, 1.82) is 0 Å². The molecule has 14 heavy (non-hydrogen) atoms. The summed E-state index contributed by atoms with van der Waals surface area (Å²) in [5.41, 5.74) is 1.05. The molecule has 72 valence electrons. The number of imidazole rings is 1. The number of rotatable bonds is 2. The molecular formula is C10H11N3O. The number of hydrogen-bond acceptors (Lipinski definition) is 3. The number of ether oxygens (including phenoxy) is 1. The van der Waals surface area contributed by atoms with Gasteiger partial charge < -0.3 is 10.6 Å². The fourth-order valence-electron chi connectivity index (χ4n) is 1.15. The van der Waals surface area contributed by atoms with Crippen LogP contribution in [0.2, 0.25) is 0 Å². The number of aryl methyl sites for hydroxylation is 1. The Morgan fingerprint density at radius 1 is 1.36 bits per heavy atom. The van der Waals surface area contributed by atoms with Gasteiger partial charge in [-0.25, -0.2) is 9.66 Å². The number of benzene rings is 1. The second-order valence-electron chi connectivity index (χ2n) is 2.98. The van der Waals surface area contributed by atoms with Gasteiger partial charge in [-0.2, -0.15) is 0 Å². The zero-order valence-corrected chi connectivity index (χ0v) is 7.84. The van der Waals surface area contributed by atoms with Gasteiger partial charge in [-0.3, -0.25) is 0 Å². The molecule has 0 saturated heterocycles. The monoisotopic (exact) mass is 189 g/mol. The van der Waals surface area contributed by atoms with E-state index < -0.39 is 0 Å². The lowest BCUT2D eigenvalue weighted by Crippen LogP contribution is -2.08. The molecule has 0 saturated carbocycles. The third-order valence-electron chi connectivity index (χ3n) is 1.93. The van der Waals surface area contributed by atoms with Crippen LogP contribution in [0.4, 0.5) is 0 Å². The van der Waals surface area contributed by atoms with Gasteiger partial charge in [0, 0.05) is 6.20 Å². The number of aromatic nitrogens is 2. The van der Waals surface area contributed by atoms with Crippen LogP contribution in [0.15, 0.2) is 36.7 Å². The van der Waals surface area contributed by atoms with E-state index in [4.69, 9.17) is 10.6 Å². The van der Waals surface area contributed by atoms with Crippen molar-refractivity contribution in [3.63, 3.8) is 0 Å². The summed E-state index contributed by atoms with van der Waals surface area (Å²) in [6.07, 6.45) is 3.22. The Hall–Kier alpha value is -1.97. The van der Waals surface area contributed by atoms with E-state index in [2.05, 4.69) is 4.98 Å². The van der Waals surface area contributed by atoms with Crippen molar-refractivity contribution in [2.24, 2.45) is 0 Å². The van der Waals surface area contributed by atoms with Crippen molar-refractivity contribution in [1.82, 2.24) is 9.66 Å². The summed E-state index contributed by atoms with van der Waals surface area (Å²) in [6, 6.07) is 8.10. The first-order valence-corrected chi connectivity index (χ1v) is 4.29. The number of para-hydroxylation sites is 1. The number of hydrogen-bond donors (Lipinski definition) is 1. The fraction of sp³-hybridized carbons (Fsp3) is 0.100. The van der Waals surface area contributed by atoms with E-state index in [1.807, 2.05) is 31.2 Å². The van der Waals surface area contributed by atoms with Gasteiger partial charge in [-0.05, 0) is 18.6 Å². The minimum absolute atomic E-state index is 0.388. The number of nitrogen functional groups attached to an aromatic ring is 1. The summed E-state index contributed by atoms with van der Waals surface area (Å²) in [7, 11) is 0. The highest BCUT2D eigenvalue weighted by atomic mass is 16.5. The summed E-state index contributed by atoms with van der Waals surface area (Å²) < 4.78 is 6.85. The maximum absolute atomic E-state index is 5.57. The Morgan fingerprint density at radius 3 is 2.79 bits per heavy atom. The molecule has 1 heterocycles. The van der Waals surface area contributed by atoms with E-state index in [1.54, 1.807) is 12.4 Å². The maximum atomic E-state index is 5.57. The number of nitrogens with zero attached hydrogens (tertiary/aromatic N) is 2. The zero-order chi connectivity index (χ0) is 9.97. The lowest BCUT2D eigenvalue weighted by atomic mass is 10.2. The van der Waals surface area contributed by atoms with Gasteiger partial charge in [0.1, 0.15) is 5.75 Å². The van der Waals surface area contributed by atoms with Crippen molar-refractivity contribution in [3.8, 4) is 11.8 Å². The molecule has 2 aromatic rings. The fourth-order valence-corrected chi connectivity index (χ4v) is 1.15. The Morgan fingerprint density at radius 2 is 2.14 bits per heavy atom. The first-order valence-electron chi connectivity index (χ1n) is 4.29. The van der Waals surface area contributed by atoms with E-state index >= 15 is 0 Å². The molecule has 0 radical (unpaired) electrons. The van der Waals surface area contributed by atoms with Crippen LogP contribution in [0.3, 0.4) is 0 Å². The second-order valence-corrected chi connectivity index (χ2v) is 2.98. The second kappa shape index (κ2) is 3.41. The number of nitrogens with two attached hydrogens (primary N) is 1. The molecule has 0 unspecified atom stereocenters. The third-order valence-corrected chi connectivity index (χ3v) is 1.93. The van der Waals surface area contributed by atoms with Crippen molar-refractivity contribution < 1.29 is 4.74 Å². The van der Waals surface area contributed by atoms with E-state index in [-0.39, 0.29) is 0 Å². The molecule has 0 aliphatic heterocycles. The lowest BCUT2D eigenvalue weighted by Gasteiger charge is -2.06. The molecule has 0 aliphatic rings. The van der Waals surface area contributed by atoms with Crippen LogP contribution in [0.25, 0.3) is 0 Å². The zero-order valence-electron chi connectivity index (χ0n) is 7.84. The van der Waals surface area contributed by atoms with Gasteiger partial charge in [0.25, 0.3) is 0 Å². The molecule has 1 aromatic carbocycles. The molecule has 0 atom stereocenters. The van der Waals surface area contributed by atoms with Gasteiger partial charge in [0.05, 0.1) is 6.20 Å². The van der Waals surface area contributed by atoms with E-state index in [0.717, 1.165) is 11.3 Å². The SMILES string of the molecule is Cc1ccccc1Oc1nccn1N. The minimum Gasteiger partial charge on any atom is -0.424 e. The Kier molecular flexibility index (Phi) is 2.10. The molecule has 0 bridgehead atoms. The third kappa shape index (κ3) is 1.54.